The molecule has 1 heterocycles. The second-order valence-electron chi connectivity index (χ2n) is 4.13. The van der Waals surface area contributed by atoms with E-state index >= 15 is 0 Å². The fourth-order valence-corrected chi connectivity index (χ4v) is 2.05. The first-order valence-electron chi connectivity index (χ1n) is 5.84. The van der Waals surface area contributed by atoms with Crippen LogP contribution >= 0.6 is 0 Å². The number of aromatic amines is 1. The van der Waals surface area contributed by atoms with Crippen LogP contribution in [0.4, 0.5) is 0 Å². The van der Waals surface area contributed by atoms with E-state index in [9.17, 15) is 9.59 Å². The third-order valence-electron chi connectivity index (χ3n) is 2.91. The van der Waals surface area contributed by atoms with Crippen LogP contribution in [0.3, 0.4) is 0 Å². The van der Waals surface area contributed by atoms with Gasteiger partial charge in [-0.05, 0) is 11.6 Å². The maximum absolute atomic E-state index is 11.8. The summed E-state index contributed by atoms with van der Waals surface area (Å²) in [5.41, 5.74) is 1.47. The van der Waals surface area contributed by atoms with Crippen molar-refractivity contribution >= 4 is 0 Å². The molecule has 1 N–H and O–H groups in total. The smallest absolute Gasteiger partial charge is 0.272 e. The number of hydrogen-bond donors (Lipinski definition) is 1. The summed E-state index contributed by atoms with van der Waals surface area (Å²) in [5, 5.41) is 0. The summed E-state index contributed by atoms with van der Waals surface area (Å²) >= 11 is 0. The molecule has 19 heavy (non-hydrogen) atoms. The van der Waals surface area contributed by atoms with E-state index in [4.69, 9.17) is 0 Å². The molecule has 2 aliphatic rings. The van der Waals surface area contributed by atoms with E-state index < -0.39 is 11.2 Å². The number of aromatic nitrogens is 2. The van der Waals surface area contributed by atoms with Crippen molar-refractivity contribution in [2.45, 2.75) is 0 Å². The quantitative estimate of drug-likeness (QED) is 0.717. The van der Waals surface area contributed by atoms with Gasteiger partial charge in [0, 0.05) is 5.56 Å². The van der Waals surface area contributed by atoms with Crippen LogP contribution in [0.15, 0.2) is 64.2 Å². The van der Waals surface area contributed by atoms with E-state index in [-0.39, 0.29) is 0 Å². The maximum atomic E-state index is 11.8. The molecule has 1 aliphatic heterocycles. The molecule has 0 atom stereocenters. The molecule has 4 nitrogen and oxygen atoms in total. The highest BCUT2D eigenvalue weighted by Crippen LogP contribution is 2.27. The van der Waals surface area contributed by atoms with Crippen LogP contribution in [0.25, 0.3) is 22.4 Å². The van der Waals surface area contributed by atoms with Crippen molar-refractivity contribution in [2.75, 3.05) is 0 Å². The summed E-state index contributed by atoms with van der Waals surface area (Å²) in [4.78, 5) is 29.4. The van der Waals surface area contributed by atoms with Crippen LogP contribution in [0.1, 0.15) is 0 Å². The molecule has 4 heteroatoms. The number of nitrogens with one attached hydrogen (secondary N) is 1. The van der Waals surface area contributed by atoms with Gasteiger partial charge in [-0.1, -0.05) is 48.5 Å². The Balaban J connectivity index is 2.42. The highest BCUT2D eigenvalue weighted by molar-refractivity contribution is 5.80. The molecule has 0 radical (unpaired) electrons. The lowest BCUT2D eigenvalue weighted by Gasteiger charge is -2.05. The third-order valence-corrected chi connectivity index (χ3v) is 2.91. The first-order chi connectivity index (χ1) is 9.25. The van der Waals surface area contributed by atoms with Crippen molar-refractivity contribution in [1.82, 2.24) is 9.97 Å². The number of nitrogens with zero attached hydrogens (tertiary/aromatic N) is 1. The van der Waals surface area contributed by atoms with Crippen LogP contribution in [0.5, 0.6) is 0 Å². The Labute approximate surface area is 108 Å². The molecule has 0 saturated heterocycles. The monoisotopic (exact) mass is 250 g/mol. The third kappa shape index (κ3) is 2.04. The zero-order valence-electron chi connectivity index (χ0n) is 9.96. The second kappa shape index (κ2) is 4.49. The lowest BCUT2D eigenvalue weighted by Crippen LogP contribution is -2.24. The summed E-state index contributed by atoms with van der Waals surface area (Å²) in [6, 6.07) is 16.7. The van der Waals surface area contributed by atoms with Gasteiger partial charge >= 0.3 is 5.69 Å². The van der Waals surface area contributed by atoms with Gasteiger partial charge in [0.1, 0.15) is 0 Å². The molecule has 0 aromatic heterocycles. The Kier molecular flexibility index (Phi) is 2.68. The van der Waals surface area contributed by atoms with Gasteiger partial charge in [-0.25, -0.2) is 4.79 Å². The molecule has 3 rings (SSSR count). The zero-order chi connectivity index (χ0) is 13.2. The van der Waals surface area contributed by atoms with E-state index in [1.165, 1.54) is 0 Å². The van der Waals surface area contributed by atoms with E-state index in [1.54, 1.807) is 12.1 Å². The first kappa shape index (κ1) is 11.3. The lowest BCUT2D eigenvalue weighted by atomic mass is 10.0. The van der Waals surface area contributed by atoms with Crippen molar-refractivity contribution in [3.63, 3.8) is 0 Å². The lowest BCUT2D eigenvalue weighted by molar-refractivity contribution is 1.04. The molecule has 1 aliphatic carbocycles. The van der Waals surface area contributed by atoms with Crippen LogP contribution < -0.4 is 11.2 Å². The van der Waals surface area contributed by atoms with Gasteiger partial charge in [-0.3, -0.25) is 9.78 Å². The van der Waals surface area contributed by atoms with Crippen LogP contribution in [-0.4, -0.2) is 9.97 Å². The highest BCUT2D eigenvalue weighted by atomic mass is 16.2. The largest absolute Gasteiger partial charge is 0.348 e. The van der Waals surface area contributed by atoms with Gasteiger partial charge in [-0.2, -0.15) is 4.98 Å². The van der Waals surface area contributed by atoms with E-state index in [0.29, 0.717) is 11.3 Å². The van der Waals surface area contributed by atoms with E-state index in [2.05, 4.69) is 9.97 Å². The van der Waals surface area contributed by atoms with Crippen molar-refractivity contribution in [3.05, 3.63) is 75.4 Å². The van der Waals surface area contributed by atoms with E-state index in [0.717, 1.165) is 11.1 Å². The topological polar surface area (TPSA) is 62.8 Å². The van der Waals surface area contributed by atoms with E-state index in [1.807, 2.05) is 42.5 Å². The summed E-state index contributed by atoms with van der Waals surface area (Å²) < 4.78 is 0. The van der Waals surface area contributed by atoms with Gasteiger partial charge in [0.25, 0.3) is 5.56 Å². The SMILES string of the molecule is O=c1nc2c(-c3ccccc3)ccccc-2c(=O)[nH]1. The molecular weight excluding hydrogens is 240 g/mol. The molecule has 0 unspecified atom stereocenters. The van der Waals surface area contributed by atoms with Gasteiger partial charge in [0.15, 0.2) is 0 Å². The van der Waals surface area contributed by atoms with Crippen molar-refractivity contribution < 1.29 is 0 Å². The molecule has 0 spiro atoms. The number of H-pyrrole nitrogens is 1. The Bertz CT molecular complexity index is 810. The first-order valence-corrected chi connectivity index (χ1v) is 5.84. The Morgan fingerprint density at radius 3 is 2.16 bits per heavy atom. The second-order valence-corrected chi connectivity index (χ2v) is 4.13. The molecule has 0 amide bonds. The number of rotatable bonds is 1. The highest BCUT2D eigenvalue weighted by Gasteiger charge is 2.13. The predicted octanol–water partition coefficient (Wildman–Crippen LogP) is 1.90. The van der Waals surface area contributed by atoms with Gasteiger partial charge in [0.2, 0.25) is 0 Å². The van der Waals surface area contributed by atoms with Gasteiger partial charge < -0.3 is 0 Å². The van der Waals surface area contributed by atoms with Crippen LogP contribution in [0, 0.1) is 0 Å². The summed E-state index contributed by atoms with van der Waals surface area (Å²) in [7, 11) is 0. The van der Waals surface area contributed by atoms with Gasteiger partial charge in [-0.15, -0.1) is 0 Å². The molecule has 92 valence electrons. The molecular formula is C15H10N2O2. The molecule has 0 saturated carbocycles. The molecule has 1 aromatic carbocycles. The normalized spacial score (nSPS) is 10.5. The van der Waals surface area contributed by atoms with Crippen molar-refractivity contribution in [1.29, 1.82) is 0 Å². The Hall–Kier alpha value is -2.75. The van der Waals surface area contributed by atoms with Crippen molar-refractivity contribution in [3.8, 4) is 22.4 Å². The molecule has 0 fully saturated rings. The minimum atomic E-state index is -0.624. The number of hydrogen-bond acceptors (Lipinski definition) is 3. The Morgan fingerprint density at radius 2 is 1.42 bits per heavy atom. The standard InChI is InChI=1S/C15H10N2O2/c18-14-12-9-5-4-8-11(10-6-2-1-3-7-10)13(12)16-15(19)17-14/h1-9H,(H,17,18,19). The Morgan fingerprint density at radius 1 is 0.789 bits per heavy atom. The fraction of sp³-hybridized carbons (Fsp3) is 0. The summed E-state index contributed by atoms with van der Waals surface area (Å²) in [6.07, 6.45) is 0. The maximum Gasteiger partial charge on any atom is 0.348 e. The zero-order valence-corrected chi connectivity index (χ0v) is 9.96. The van der Waals surface area contributed by atoms with Crippen LogP contribution in [-0.2, 0) is 0 Å². The number of fused-ring (bicyclic) bond motifs is 1. The number of benzene rings is 1. The average molecular weight is 250 g/mol. The fourth-order valence-electron chi connectivity index (χ4n) is 2.05. The minimum Gasteiger partial charge on any atom is -0.272 e. The predicted molar refractivity (Wildman–Crippen MR) is 73.2 cm³/mol. The summed E-state index contributed by atoms with van der Waals surface area (Å²) in [6.45, 7) is 0. The molecule has 1 aromatic rings. The minimum absolute atomic E-state index is 0.406. The van der Waals surface area contributed by atoms with Gasteiger partial charge in [0.05, 0.1) is 11.3 Å². The van der Waals surface area contributed by atoms with Crippen molar-refractivity contribution in [2.24, 2.45) is 0 Å². The summed E-state index contributed by atoms with van der Waals surface area (Å²) in [5.74, 6) is 0. The van der Waals surface area contributed by atoms with Crippen LogP contribution in [0.2, 0.25) is 0 Å². The average Bonchev–Trinajstić information content (AvgIpc) is 2.62. The molecule has 0 bridgehead atoms.